The maximum Gasteiger partial charge on any atom is 0.255 e. The Bertz CT molecular complexity index is 1280. The minimum absolute atomic E-state index is 0.0516. The number of amides is 2. The molecule has 3 N–H and O–H groups in total. The van der Waals surface area contributed by atoms with Gasteiger partial charge in [0.05, 0.1) is 25.4 Å². The summed E-state index contributed by atoms with van der Waals surface area (Å²) >= 11 is 1.56. The molecule has 178 valence electrons. The topological polar surface area (TPSA) is 79.5 Å². The maximum absolute atomic E-state index is 13.4. The summed E-state index contributed by atoms with van der Waals surface area (Å²) in [6.45, 7) is 0.0516. The Labute approximate surface area is 206 Å². The second kappa shape index (κ2) is 11.4. The van der Waals surface area contributed by atoms with Crippen molar-refractivity contribution in [1.29, 1.82) is 0 Å². The molecule has 0 saturated carbocycles. The molecule has 0 radical (unpaired) electrons. The standard InChI is InChI=1S/C27H24FN3O3S/c1-34-23-6-3-2-5-22(23)31-27(33)19-10-14-21(15-11-19)30-25(32)17-29-26(24-7-4-16-35-24)18-8-12-20(28)13-9-18/h2-16,26,29H,17H2,1H3,(H,30,32)(H,31,33)/t26-/m1/s1. The summed E-state index contributed by atoms with van der Waals surface area (Å²) in [4.78, 5) is 26.2. The van der Waals surface area contributed by atoms with Crippen LogP contribution in [-0.4, -0.2) is 25.5 Å². The SMILES string of the molecule is COc1ccccc1NC(=O)c1ccc(NC(=O)CN[C@H](c2ccc(F)cc2)c2cccs2)cc1. The van der Waals surface area contributed by atoms with Crippen LogP contribution < -0.4 is 20.7 Å². The third kappa shape index (κ3) is 6.32. The van der Waals surface area contributed by atoms with Crippen molar-refractivity contribution in [2.75, 3.05) is 24.3 Å². The number of carbonyl (C=O) groups is 2. The number of halogens is 1. The normalized spacial score (nSPS) is 11.5. The van der Waals surface area contributed by atoms with Crippen LogP contribution in [0.15, 0.2) is 90.3 Å². The Morgan fingerprint density at radius 3 is 2.34 bits per heavy atom. The Hall–Kier alpha value is -4.01. The van der Waals surface area contributed by atoms with Crippen LogP contribution in [0.3, 0.4) is 0 Å². The molecule has 0 unspecified atom stereocenters. The summed E-state index contributed by atoms with van der Waals surface area (Å²) in [5, 5.41) is 10.8. The average Bonchev–Trinajstić information content (AvgIpc) is 3.40. The Balaban J connectivity index is 1.35. The van der Waals surface area contributed by atoms with Gasteiger partial charge >= 0.3 is 0 Å². The van der Waals surface area contributed by atoms with Gasteiger partial charge in [-0.25, -0.2) is 4.39 Å². The van der Waals surface area contributed by atoms with Crippen LogP contribution in [0.1, 0.15) is 26.8 Å². The van der Waals surface area contributed by atoms with Crippen LogP contribution in [0.5, 0.6) is 5.75 Å². The van der Waals surface area contributed by atoms with E-state index in [2.05, 4.69) is 16.0 Å². The van der Waals surface area contributed by atoms with Gasteiger partial charge in [0.1, 0.15) is 11.6 Å². The first kappa shape index (κ1) is 24.1. The minimum Gasteiger partial charge on any atom is -0.495 e. The van der Waals surface area contributed by atoms with E-state index in [1.807, 2.05) is 29.6 Å². The minimum atomic E-state index is -0.309. The van der Waals surface area contributed by atoms with Crippen molar-refractivity contribution in [3.63, 3.8) is 0 Å². The number of thiophene rings is 1. The lowest BCUT2D eigenvalue weighted by molar-refractivity contribution is -0.115. The second-order valence-corrected chi connectivity index (χ2v) is 8.64. The fraction of sp³-hybridized carbons (Fsp3) is 0.111. The van der Waals surface area contributed by atoms with Crippen molar-refractivity contribution in [1.82, 2.24) is 5.32 Å². The lowest BCUT2D eigenvalue weighted by atomic mass is 10.1. The Morgan fingerprint density at radius 1 is 0.914 bits per heavy atom. The summed E-state index contributed by atoms with van der Waals surface area (Å²) < 4.78 is 18.6. The molecule has 0 aliphatic rings. The highest BCUT2D eigenvalue weighted by molar-refractivity contribution is 7.10. The molecule has 0 bridgehead atoms. The van der Waals surface area contributed by atoms with E-state index in [0.29, 0.717) is 22.7 Å². The van der Waals surface area contributed by atoms with E-state index in [-0.39, 0.29) is 30.2 Å². The third-order valence-corrected chi connectivity index (χ3v) is 6.22. The van der Waals surface area contributed by atoms with E-state index >= 15 is 0 Å². The monoisotopic (exact) mass is 489 g/mol. The number of anilines is 2. The van der Waals surface area contributed by atoms with Crippen molar-refractivity contribution < 1.29 is 18.7 Å². The molecule has 0 saturated heterocycles. The number of methoxy groups -OCH3 is 1. The second-order valence-electron chi connectivity index (χ2n) is 7.66. The molecule has 0 aliphatic heterocycles. The van der Waals surface area contributed by atoms with E-state index in [4.69, 9.17) is 4.74 Å². The predicted octanol–water partition coefficient (Wildman–Crippen LogP) is 5.47. The smallest absolute Gasteiger partial charge is 0.255 e. The molecule has 35 heavy (non-hydrogen) atoms. The highest BCUT2D eigenvalue weighted by Crippen LogP contribution is 2.26. The molecule has 4 aromatic rings. The van der Waals surface area contributed by atoms with Crippen LogP contribution in [0.4, 0.5) is 15.8 Å². The van der Waals surface area contributed by atoms with Gasteiger partial charge in [-0.2, -0.15) is 0 Å². The van der Waals surface area contributed by atoms with Crippen LogP contribution in [0, 0.1) is 5.82 Å². The largest absolute Gasteiger partial charge is 0.495 e. The molecule has 1 atom stereocenters. The fourth-order valence-electron chi connectivity index (χ4n) is 3.54. The van der Waals surface area contributed by atoms with Gasteiger partial charge in [0.25, 0.3) is 5.91 Å². The first-order chi connectivity index (χ1) is 17.0. The fourth-order valence-corrected chi connectivity index (χ4v) is 4.37. The molecule has 4 rings (SSSR count). The van der Waals surface area contributed by atoms with Gasteiger partial charge in [-0.05, 0) is 65.5 Å². The molecule has 0 fully saturated rings. The third-order valence-electron chi connectivity index (χ3n) is 5.28. The molecular weight excluding hydrogens is 465 g/mol. The van der Waals surface area contributed by atoms with E-state index < -0.39 is 0 Å². The van der Waals surface area contributed by atoms with Crippen molar-refractivity contribution in [2.24, 2.45) is 0 Å². The van der Waals surface area contributed by atoms with Crippen LogP contribution >= 0.6 is 11.3 Å². The number of hydrogen-bond acceptors (Lipinski definition) is 5. The first-order valence-electron chi connectivity index (χ1n) is 10.9. The van der Waals surface area contributed by atoms with Crippen LogP contribution in [-0.2, 0) is 4.79 Å². The number of hydrogen-bond donors (Lipinski definition) is 3. The van der Waals surface area contributed by atoms with E-state index in [9.17, 15) is 14.0 Å². The molecular formula is C27H24FN3O3S. The molecule has 1 heterocycles. The number of rotatable bonds is 9. The van der Waals surface area contributed by atoms with Crippen molar-refractivity contribution >= 4 is 34.5 Å². The van der Waals surface area contributed by atoms with E-state index in [1.54, 1.807) is 67.0 Å². The van der Waals surface area contributed by atoms with Gasteiger partial charge < -0.3 is 15.4 Å². The maximum atomic E-state index is 13.4. The van der Waals surface area contributed by atoms with Gasteiger partial charge in [-0.1, -0.05) is 30.3 Å². The van der Waals surface area contributed by atoms with Crippen molar-refractivity contribution in [2.45, 2.75) is 6.04 Å². The zero-order chi connectivity index (χ0) is 24.6. The van der Waals surface area contributed by atoms with Gasteiger partial charge in [0.15, 0.2) is 0 Å². The van der Waals surface area contributed by atoms with Crippen molar-refractivity contribution in [3.05, 3.63) is 112 Å². The zero-order valence-electron chi connectivity index (χ0n) is 19.0. The zero-order valence-corrected chi connectivity index (χ0v) is 19.8. The predicted molar refractivity (Wildman–Crippen MR) is 137 cm³/mol. The lowest BCUT2D eigenvalue weighted by Gasteiger charge is -2.18. The molecule has 6 nitrogen and oxygen atoms in total. The highest BCUT2D eigenvalue weighted by Gasteiger charge is 2.17. The summed E-state index contributed by atoms with van der Waals surface area (Å²) in [7, 11) is 1.54. The molecule has 1 aromatic heterocycles. The summed E-state index contributed by atoms with van der Waals surface area (Å²) in [5.41, 5.74) is 2.46. The first-order valence-corrected chi connectivity index (χ1v) is 11.8. The van der Waals surface area contributed by atoms with Gasteiger partial charge in [0, 0.05) is 16.1 Å². The molecule has 2 amide bonds. The quantitative estimate of drug-likeness (QED) is 0.292. The van der Waals surface area contributed by atoms with E-state index in [1.165, 1.54) is 12.1 Å². The molecule has 3 aromatic carbocycles. The number of carbonyl (C=O) groups excluding carboxylic acids is 2. The van der Waals surface area contributed by atoms with Crippen molar-refractivity contribution in [3.8, 4) is 5.75 Å². The molecule has 0 aliphatic carbocycles. The Morgan fingerprint density at radius 2 is 1.66 bits per heavy atom. The average molecular weight is 490 g/mol. The number of nitrogens with one attached hydrogen (secondary N) is 3. The number of ether oxygens (including phenoxy) is 1. The number of para-hydroxylation sites is 2. The van der Waals surface area contributed by atoms with Gasteiger partial charge in [-0.15, -0.1) is 11.3 Å². The van der Waals surface area contributed by atoms with E-state index in [0.717, 1.165) is 10.4 Å². The highest BCUT2D eigenvalue weighted by atomic mass is 32.1. The number of benzene rings is 3. The van der Waals surface area contributed by atoms with Gasteiger partial charge in [0.2, 0.25) is 5.91 Å². The van der Waals surface area contributed by atoms with Gasteiger partial charge in [-0.3, -0.25) is 14.9 Å². The molecule has 0 spiro atoms. The Kier molecular flexibility index (Phi) is 7.87. The summed E-state index contributed by atoms with van der Waals surface area (Å²) in [6.07, 6.45) is 0. The van der Waals surface area contributed by atoms with Crippen LogP contribution in [0.25, 0.3) is 0 Å². The molecule has 8 heteroatoms. The summed E-state index contributed by atoms with van der Waals surface area (Å²) in [5.74, 6) is -0.262. The summed E-state index contributed by atoms with van der Waals surface area (Å²) in [6, 6.07) is 23.7. The van der Waals surface area contributed by atoms with Crippen LogP contribution in [0.2, 0.25) is 0 Å². The lowest BCUT2D eigenvalue weighted by Crippen LogP contribution is -2.31.